The topological polar surface area (TPSA) is 124 Å². The first-order valence-electron chi connectivity index (χ1n) is 14.6. The maximum Gasteiger partial charge on any atom is 0.314 e. The lowest BCUT2D eigenvalue weighted by atomic mass is 9.53. The number of hydrogen-bond acceptors (Lipinski definition) is 9. The van der Waals surface area contributed by atoms with E-state index < -0.39 is 82.3 Å². The summed E-state index contributed by atoms with van der Waals surface area (Å²) in [6, 6.07) is 9.20. The molecule has 9 heteroatoms. The first-order chi connectivity index (χ1) is 19.3. The smallest absolute Gasteiger partial charge is 0.314 e. The van der Waals surface area contributed by atoms with E-state index in [4.69, 9.17) is 23.7 Å². The number of fused-ring (bicyclic) bond motifs is 3. The molecule has 13 atom stereocenters. The van der Waals surface area contributed by atoms with Crippen molar-refractivity contribution in [3.63, 3.8) is 0 Å². The van der Waals surface area contributed by atoms with Crippen LogP contribution in [0.3, 0.4) is 0 Å². The molecule has 1 aromatic carbocycles. The van der Waals surface area contributed by atoms with Crippen LogP contribution in [0.5, 0.6) is 0 Å². The third kappa shape index (κ3) is 2.93. The minimum atomic E-state index is -2.24. The molecular formula is C32H38O9. The Kier molecular flexibility index (Phi) is 5.46. The van der Waals surface area contributed by atoms with Gasteiger partial charge in [0.2, 0.25) is 0 Å². The van der Waals surface area contributed by atoms with Crippen LogP contribution in [0.15, 0.2) is 54.1 Å². The minimum Gasteiger partial charge on any atom is -0.458 e. The van der Waals surface area contributed by atoms with Gasteiger partial charge in [0.25, 0.3) is 0 Å². The molecule has 3 aliphatic heterocycles. The first-order valence-corrected chi connectivity index (χ1v) is 14.6. The van der Waals surface area contributed by atoms with Gasteiger partial charge >= 0.3 is 11.9 Å². The van der Waals surface area contributed by atoms with Gasteiger partial charge in [-0.15, -0.1) is 0 Å². The lowest BCUT2D eigenvalue weighted by Crippen LogP contribution is -2.76. The second-order valence-corrected chi connectivity index (χ2v) is 13.2. The molecule has 3 aliphatic carbocycles. The Bertz CT molecular complexity index is 1390. The first kappa shape index (κ1) is 27.4. The van der Waals surface area contributed by atoms with Crippen LogP contribution in [-0.4, -0.2) is 68.8 Å². The number of epoxide rings is 1. The predicted molar refractivity (Wildman–Crippen MR) is 144 cm³/mol. The van der Waals surface area contributed by atoms with Crippen LogP contribution < -0.4 is 0 Å². The molecule has 6 aliphatic rings. The van der Waals surface area contributed by atoms with Crippen molar-refractivity contribution in [2.24, 2.45) is 23.7 Å². The molecule has 9 nitrogen and oxygen atoms in total. The molecule has 2 saturated carbocycles. The largest absolute Gasteiger partial charge is 0.458 e. The molecule has 3 heterocycles. The van der Waals surface area contributed by atoms with E-state index >= 15 is 0 Å². The third-order valence-electron chi connectivity index (χ3n) is 11.1. The van der Waals surface area contributed by atoms with Crippen molar-refractivity contribution in [2.45, 2.75) is 101 Å². The number of hydrogen-bond donors (Lipinski definition) is 2. The number of rotatable bonds is 5. The van der Waals surface area contributed by atoms with Crippen LogP contribution >= 0.6 is 0 Å². The number of ketones is 1. The van der Waals surface area contributed by atoms with Crippen molar-refractivity contribution < 1.29 is 43.5 Å². The number of ether oxygens (including phenoxy) is 5. The highest BCUT2D eigenvalue weighted by Gasteiger charge is 2.90. The molecule has 7 rings (SSSR count). The van der Waals surface area contributed by atoms with Crippen molar-refractivity contribution in [1.82, 2.24) is 0 Å². The zero-order valence-electron chi connectivity index (χ0n) is 24.2. The predicted octanol–water partition coefficient (Wildman–Crippen LogP) is 2.93. The Hall–Kier alpha value is -2.40. The number of Topliss-reactive ketones (excluding diaryl/α,β-unsaturated/α-hetero) is 1. The Balaban J connectivity index is 1.53. The quantitative estimate of drug-likeness (QED) is 0.315. The summed E-state index contributed by atoms with van der Waals surface area (Å²) in [6.45, 7) is 15.1. The van der Waals surface area contributed by atoms with Gasteiger partial charge in [-0.3, -0.25) is 9.59 Å². The standard InChI is InChI=1S/C32H38O9/c1-8-16(4)26(34)37-23-18(6)31-20-14-17(5)22(33)29(20,36)27(35)28(7)24(38-28)21(31)25-30(23,15(2)3)40-32(39-25,41-31)19-12-10-9-11-13-19/h9-14,16,18,20-21,23-25,27,35-36H,2,8H2,1,3-7H3/t16?,18-,20-,21+,23+,24+,25-,27+,28+,29-,30+,31+,32?/m1/s1. The molecule has 0 spiro atoms. The molecule has 5 fully saturated rings. The monoisotopic (exact) mass is 566 g/mol. The van der Waals surface area contributed by atoms with Gasteiger partial charge in [0.05, 0.1) is 17.6 Å². The van der Waals surface area contributed by atoms with Crippen LogP contribution in [0.1, 0.15) is 53.5 Å². The van der Waals surface area contributed by atoms with Crippen molar-refractivity contribution in [2.75, 3.05) is 0 Å². The SMILES string of the molecule is C=C(C)[C@@]12OC3(c4ccccc4)O[C@@H]1[C@@H]1[C@@H]4O[C@]4(C)[C@H](O)[C@]4(O)C(=O)C(C)=C[C@H]4[C@@]1(O3)[C@H](C)[C@@H]2OC(=O)C(C)CC. The Morgan fingerprint density at radius 3 is 2.49 bits per heavy atom. The summed E-state index contributed by atoms with van der Waals surface area (Å²) in [5, 5.41) is 24.0. The molecular weight excluding hydrogens is 528 g/mol. The second kappa shape index (κ2) is 8.15. The Morgan fingerprint density at radius 2 is 1.85 bits per heavy atom. The maximum absolute atomic E-state index is 13.7. The number of aliphatic hydroxyl groups is 2. The molecule has 2 unspecified atom stereocenters. The number of carbonyl (C=O) groups excluding carboxylic acids is 2. The summed E-state index contributed by atoms with van der Waals surface area (Å²) >= 11 is 0. The van der Waals surface area contributed by atoms with Crippen molar-refractivity contribution >= 4 is 11.8 Å². The average molecular weight is 567 g/mol. The fourth-order valence-corrected chi connectivity index (χ4v) is 8.66. The normalized spacial score (nSPS) is 51.2. The van der Waals surface area contributed by atoms with Crippen molar-refractivity contribution in [3.8, 4) is 0 Å². The van der Waals surface area contributed by atoms with E-state index in [-0.39, 0.29) is 5.92 Å². The van der Waals surface area contributed by atoms with Gasteiger partial charge in [-0.05, 0) is 38.3 Å². The summed E-state index contributed by atoms with van der Waals surface area (Å²) in [5.41, 5.74) is -4.74. The molecule has 220 valence electrons. The zero-order chi connectivity index (χ0) is 29.5. The highest BCUT2D eigenvalue weighted by atomic mass is 16.9. The summed E-state index contributed by atoms with van der Waals surface area (Å²) in [7, 11) is 0. The van der Waals surface area contributed by atoms with Crippen LogP contribution in [0.25, 0.3) is 0 Å². The van der Waals surface area contributed by atoms with Gasteiger partial charge in [-0.1, -0.05) is 63.8 Å². The minimum absolute atomic E-state index is 0.321. The van der Waals surface area contributed by atoms with Crippen LogP contribution in [0, 0.1) is 23.7 Å². The van der Waals surface area contributed by atoms with Gasteiger partial charge in [0.15, 0.2) is 17.0 Å². The van der Waals surface area contributed by atoms with Gasteiger partial charge in [0, 0.05) is 23.3 Å². The molecule has 3 saturated heterocycles. The number of benzene rings is 1. The summed E-state index contributed by atoms with van der Waals surface area (Å²) in [5.74, 6) is -5.37. The lowest BCUT2D eigenvalue weighted by Gasteiger charge is -2.61. The molecule has 3 bridgehead atoms. The lowest BCUT2D eigenvalue weighted by molar-refractivity contribution is -0.440. The van der Waals surface area contributed by atoms with Gasteiger partial charge in [-0.25, -0.2) is 0 Å². The van der Waals surface area contributed by atoms with E-state index in [1.807, 2.05) is 58.0 Å². The van der Waals surface area contributed by atoms with Gasteiger partial charge in [-0.2, -0.15) is 0 Å². The second-order valence-electron chi connectivity index (χ2n) is 13.2. The van der Waals surface area contributed by atoms with E-state index in [2.05, 4.69) is 6.58 Å². The fourth-order valence-electron chi connectivity index (χ4n) is 8.66. The van der Waals surface area contributed by atoms with Crippen molar-refractivity contribution in [1.29, 1.82) is 0 Å². The molecule has 2 N–H and O–H groups in total. The number of carbonyl (C=O) groups is 2. The van der Waals surface area contributed by atoms with Crippen LogP contribution in [0.2, 0.25) is 0 Å². The summed E-state index contributed by atoms with van der Waals surface area (Å²) in [4.78, 5) is 27.2. The third-order valence-corrected chi connectivity index (χ3v) is 11.1. The molecule has 41 heavy (non-hydrogen) atoms. The molecule has 0 radical (unpaired) electrons. The van der Waals surface area contributed by atoms with E-state index in [1.165, 1.54) is 0 Å². The maximum atomic E-state index is 13.7. The van der Waals surface area contributed by atoms with E-state index in [0.29, 0.717) is 23.1 Å². The van der Waals surface area contributed by atoms with Crippen LogP contribution in [0.4, 0.5) is 0 Å². The van der Waals surface area contributed by atoms with Gasteiger partial charge in [0.1, 0.15) is 23.9 Å². The molecule has 1 aromatic rings. The van der Waals surface area contributed by atoms with E-state index in [1.54, 1.807) is 19.9 Å². The number of aliphatic hydroxyl groups excluding tert-OH is 1. The number of esters is 1. The van der Waals surface area contributed by atoms with Gasteiger partial charge < -0.3 is 33.9 Å². The fraction of sp³-hybridized carbons (Fsp3) is 0.625. The highest BCUT2D eigenvalue weighted by Crippen LogP contribution is 2.74. The van der Waals surface area contributed by atoms with E-state index in [9.17, 15) is 19.8 Å². The Labute approximate surface area is 239 Å². The van der Waals surface area contributed by atoms with Crippen LogP contribution in [-0.2, 0) is 39.2 Å². The zero-order valence-corrected chi connectivity index (χ0v) is 24.2. The molecule has 0 amide bonds. The highest BCUT2D eigenvalue weighted by molar-refractivity contribution is 6.05. The molecule has 0 aromatic heterocycles. The van der Waals surface area contributed by atoms with Crippen molar-refractivity contribution in [3.05, 3.63) is 59.7 Å². The summed E-state index contributed by atoms with van der Waals surface area (Å²) in [6.07, 6.45) is -1.63. The Morgan fingerprint density at radius 1 is 1.17 bits per heavy atom. The summed E-state index contributed by atoms with van der Waals surface area (Å²) < 4.78 is 33.5. The van der Waals surface area contributed by atoms with E-state index in [0.717, 1.165) is 0 Å². The average Bonchev–Trinajstić information content (AvgIpc) is 3.50.